The molecule has 2 N–H and O–H groups in total. The number of carbonyl (C=O) groups excluding carboxylic acids is 1. The van der Waals surface area contributed by atoms with Gasteiger partial charge in [0.1, 0.15) is 11.9 Å². The Kier molecular flexibility index (Phi) is 9.26. The summed E-state index contributed by atoms with van der Waals surface area (Å²) in [5.74, 6) is 0.463. The molecule has 6 nitrogen and oxygen atoms in total. The molecule has 1 aliphatic heterocycles. The van der Waals surface area contributed by atoms with E-state index in [9.17, 15) is 18.0 Å². The van der Waals surface area contributed by atoms with Gasteiger partial charge in [-0.05, 0) is 54.4 Å². The summed E-state index contributed by atoms with van der Waals surface area (Å²) in [7, 11) is 0. The first-order valence-corrected chi connectivity index (χ1v) is 13.0. The molecular formula is C31H31F3N2O4. The summed E-state index contributed by atoms with van der Waals surface area (Å²) in [4.78, 5) is 18.4. The van der Waals surface area contributed by atoms with Crippen molar-refractivity contribution in [1.82, 2.24) is 5.32 Å². The van der Waals surface area contributed by atoms with E-state index in [4.69, 9.17) is 19.6 Å². The fourth-order valence-corrected chi connectivity index (χ4v) is 4.32. The Morgan fingerprint density at radius 1 is 1.10 bits per heavy atom. The van der Waals surface area contributed by atoms with Crippen LogP contribution in [0.25, 0.3) is 6.08 Å². The second-order valence-electron chi connectivity index (χ2n) is 9.45. The molecule has 0 saturated carbocycles. The number of rotatable bonds is 11. The number of nitrogens with zero attached hydrogens (tertiary/aromatic N) is 1. The largest absolute Gasteiger partial charge is 0.494 e. The Balaban J connectivity index is 1.57. The highest BCUT2D eigenvalue weighted by atomic mass is 19.4. The zero-order valence-corrected chi connectivity index (χ0v) is 22.0. The van der Waals surface area contributed by atoms with Crippen LogP contribution >= 0.6 is 0 Å². The van der Waals surface area contributed by atoms with Crippen molar-refractivity contribution < 1.29 is 32.5 Å². The molecule has 4 rings (SSSR count). The molecule has 0 saturated heterocycles. The molecule has 0 bridgehead atoms. The van der Waals surface area contributed by atoms with Crippen LogP contribution < -0.4 is 10.1 Å². The van der Waals surface area contributed by atoms with Crippen LogP contribution in [0.15, 0.2) is 89.9 Å². The van der Waals surface area contributed by atoms with Crippen LogP contribution in [0, 0.1) is 0 Å². The number of aliphatic hydroxyl groups is 1. The number of benzene rings is 3. The molecular weight excluding hydrogens is 521 g/mol. The minimum Gasteiger partial charge on any atom is -0.494 e. The van der Waals surface area contributed by atoms with Crippen LogP contribution in [-0.4, -0.2) is 41.8 Å². The molecule has 0 radical (unpaired) electrons. The van der Waals surface area contributed by atoms with Crippen molar-refractivity contribution >= 4 is 17.9 Å². The van der Waals surface area contributed by atoms with Crippen molar-refractivity contribution in [1.29, 1.82) is 0 Å². The minimum atomic E-state index is -4.48. The van der Waals surface area contributed by atoms with E-state index < -0.39 is 29.3 Å². The van der Waals surface area contributed by atoms with Gasteiger partial charge < -0.3 is 19.9 Å². The summed E-state index contributed by atoms with van der Waals surface area (Å²) in [6, 6.07) is 21.5. The lowest BCUT2D eigenvalue weighted by Crippen LogP contribution is -2.50. The standard InChI is InChI=1S/C31H31F3N2O4/c1-22-30(17-6-11-23-8-3-2-4-9-23,29(38)35-21-24-10-5-12-26(20-24)31(32,33)34)36-28(40-22)25-13-15-27(16-14-25)39-19-7-18-37/h2-6,8-16,20,22,37H,7,17-19,21H2,1H3,(H,35,38)/b11-6+/t22-,30-/m1/s1. The Labute approximate surface area is 231 Å². The fraction of sp³-hybridized carbons (Fsp3) is 0.290. The van der Waals surface area contributed by atoms with E-state index in [1.54, 1.807) is 31.2 Å². The van der Waals surface area contributed by atoms with Crippen molar-refractivity contribution in [3.63, 3.8) is 0 Å². The lowest BCUT2D eigenvalue weighted by Gasteiger charge is -2.27. The van der Waals surface area contributed by atoms with Gasteiger partial charge in [0.2, 0.25) is 5.90 Å². The van der Waals surface area contributed by atoms with E-state index in [1.807, 2.05) is 42.5 Å². The first kappa shape index (κ1) is 28.9. The summed E-state index contributed by atoms with van der Waals surface area (Å²) >= 11 is 0. The zero-order chi connectivity index (χ0) is 28.6. The maximum Gasteiger partial charge on any atom is 0.416 e. The van der Waals surface area contributed by atoms with Gasteiger partial charge in [-0.2, -0.15) is 13.2 Å². The monoisotopic (exact) mass is 552 g/mol. The third-order valence-electron chi connectivity index (χ3n) is 6.57. The molecule has 0 unspecified atom stereocenters. The maximum absolute atomic E-state index is 13.7. The number of carbonyl (C=O) groups is 1. The van der Waals surface area contributed by atoms with Crippen LogP contribution in [0.3, 0.4) is 0 Å². The van der Waals surface area contributed by atoms with Gasteiger partial charge in [-0.25, -0.2) is 4.99 Å². The van der Waals surface area contributed by atoms with Crippen molar-refractivity contribution in [2.75, 3.05) is 13.2 Å². The highest BCUT2D eigenvalue weighted by Crippen LogP contribution is 2.34. The molecule has 9 heteroatoms. The summed E-state index contributed by atoms with van der Waals surface area (Å²) in [6.07, 6.45) is -0.655. The summed E-state index contributed by atoms with van der Waals surface area (Å²) in [5, 5.41) is 11.7. The topological polar surface area (TPSA) is 80.2 Å². The van der Waals surface area contributed by atoms with Gasteiger partial charge in [0.25, 0.3) is 5.91 Å². The minimum absolute atomic E-state index is 0.0389. The van der Waals surface area contributed by atoms with Crippen molar-refractivity contribution in [3.05, 3.63) is 107 Å². The average molecular weight is 553 g/mol. The summed E-state index contributed by atoms with van der Waals surface area (Å²) in [6.45, 7) is 2.08. The molecule has 1 amide bonds. The second kappa shape index (κ2) is 12.8. The second-order valence-corrected chi connectivity index (χ2v) is 9.45. The van der Waals surface area contributed by atoms with Gasteiger partial charge >= 0.3 is 6.18 Å². The van der Waals surface area contributed by atoms with E-state index >= 15 is 0 Å². The molecule has 0 aromatic heterocycles. The number of ether oxygens (including phenoxy) is 2. The first-order chi connectivity index (χ1) is 19.2. The third-order valence-corrected chi connectivity index (χ3v) is 6.57. The van der Waals surface area contributed by atoms with E-state index in [0.717, 1.165) is 17.7 Å². The van der Waals surface area contributed by atoms with Gasteiger partial charge in [0.05, 0.1) is 12.2 Å². The number of aliphatic imine (C=N–C) groups is 1. The van der Waals surface area contributed by atoms with E-state index in [-0.39, 0.29) is 25.5 Å². The number of halogens is 3. The number of hydrogen-bond acceptors (Lipinski definition) is 5. The molecule has 3 aromatic carbocycles. The van der Waals surface area contributed by atoms with Gasteiger partial charge in [-0.15, -0.1) is 0 Å². The van der Waals surface area contributed by atoms with Gasteiger partial charge in [-0.1, -0.05) is 54.6 Å². The molecule has 0 fully saturated rings. The summed E-state index contributed by atoms with van der Waals surface area (Å²) < 4.78 is 51.1. The van der Waals surface area contributed by atoms with Crippen LogP contribution in [0.4, 0.5) is 13.2 Å². The van der Waals surface area contributed by atoms with E-state index in [2.05, 4.69) is 5.32 Å². The Morgan fingerprint density at radius 2 is 1.85 bits per heavy atom. The number of aliphatic hydroxyl groups excluding tert-OH is 1. The smallest absolute Gasteiger partial charge is 0.416 e. The fourth-order valence-electron chi connectivity index (χ4n) is 4.32. The SMILES string of the molecule is C[C@H]1OC(c2ccc(OCCCO)cc2)=N[C@@]1(C/C=C/c1ccccc1)C(=O)NCc1cccc(C(F)(F)F)c1. The predicted octanol–water partition coefficient (Wildman–Crippen LogP) is 5.79. The van der Waals surface area contributed by atoms with Crippen molar-refractivity contribution in [3.8, 4) is 5.75 Å². The zero-order valence-electron chi connectivity index (χ0n) is 22.0. The molecule has 3 aromatic rings. The molecule has 1 heterocycles. The normalized spacial score (nSPS) is 18.8. The van der Waals surface area contributed by atoms with Crippen molar-refractivity contribution in [2.45, 2.75) is 44.1 Å². The Bertz CT molecular complexity index is 1340. The molecule has 0 aliphatic carbocycles. The Hall–Kier alpha value is -4.11. The number of alkyl halides is 3. The van der Waals surface area contributed by atoms with Crippen LogP contribution in [0.5, 0.6) is 5.75 Å². The van der Waals surface area contributed by atoms with Crippen LogP contribution in [0.1, 0.15) is 42.0 Å². The first-order valence-electron chi connectivity index (χ1n) is 13.0. The molecule has 0 spiro atoms. The lowest BCUT2D eigenvalue weighted by molar-refractivity contribution is -0.137. The highest BCUT2D eigenvalue weighted by Gasteiger charge is 2.49. The molecule has 2 atom stereocenters. The van der Waals surface area contributed by atoms with E-state index in [1.165, 1.54) is 12.1 Å². The lowest BCUT2D eigenvalue weighted by atomic mass is 9.88. The third kappa shape index (κ3) is 7.09. The van der Waals surface area contributed by atoms with E-state index in [0.29, 0.717) is 29.9 Å². The molecule has 210 valence electrons. The molecule has 40 heavy (non-hydrogen) atoms. The van der Waals surface area contributed by atoms with Gasteiger partial charge in [0.15, 0.2) is 5.54 Å². The predicted molar refractivity (Wildman–Crippen MR) is 147 cm³/mol. The Morgan fingerprint density at radius 3 is 2.55 bits per heavy atom. The number of hydrogen-bond donors (Lipinski definition) is 2. The molecule has 1 aliphatic rings. The maximum atomic E-state index is 13.7. The summed E-state index contributed by atoms with van der Waals surface area (Å²) in [5.41, 5.74) is -0.180. The number of nitrogens with one attached hydrogen (secondary N) is 1. The highest BCUT2D eigenvalue weighted by molar-refractivity contribution is 6.00. The van der Waals surface area contributed by atoms with Crippen molar-refractivity contribution in [2.24, 2.45) is 4.99 Å². The quantitative estimate of drug-likeness (QED) is 0.295. The van der Waals surface area contributed by atoms with Crippen LogP contribution in [0.2, 0.25) is 0 Å². The van der Waals surface area contributed by atoms with Gasteiger partial charge in [-0.3, -0.25) is 4.79 Å². The average Bonchev–Trinajstić information content (AvgIpc) is 3.29. The van der Waals surface area contributed by atoms with Crippen LogP contribution in [-0.2, 0) is 22.3 Å². The number of amides is 1. The van der Waals surface area contributed by atoms with Gasteiger partial charge in [0, 0.05) is 31.6 Å².